The summed E-state index contributed by atoms with van der Waals surface area (Å²) in [6.07, 6.45) is 3.06. The Bertz CT molecular complexity index is 637. The van der Waals surface area contributed by atoms with E-state index in [2.05, 4.69) is 24.4 Å². The monoisotopic (exact) mass is 339 g/mol. The second-order valence-electron chi connectivity index (χ2n) is 6.45. The molecule has 3 heteroatoms. The fourth-order valence-electron chi connectivity index (χ4n) is 2.73. The number of ether oxygens (including phenoxy) is 1. The molecule has 0 aliphatic heterocycles. The Balaban J connectivity index is 1.83. The molecule has 0 aromatic heterocycles. The standard InChI is InChI=1S/C22H29NO2/c1-4-18-13-15-20(16-14-18)25-21(5-2)22(24)23-17(3)11-12-19-9-7-6-8-10-19/h6-10,13-17,21H,4-5,11-12H2,1-3H3,(H,23,24)/t17-,21-/m0/s1. The summed E-state index contributed by atoms with van der Waals surface area (Å²) < 4.78 is 5.88. The van der Waals surface area contributed by atoms with E-state index in [1.54, 1.807) is 0 Å². The average Bonchev–Trinajstić information content (AvgIpc) is 2.65. The van der Waals surface area contributed by atoms with Crippen LogP contribution in [0.15, 0.2) is 54.6 Å². The lowest BCUT2D eigenvalue weighted by molar-refractivity contribution is -0.128. The number of aryl methyl sites for hydroxylation is 2. The third-order valence-corrected chi connectivity index (χ3v) is 4.37. The van der Waals surface area contributed by atoms with Crippen molar-refractivity contribution in [3.05, 3.63) is 65.7 Å². The number of hydrogen-bond acceptors (Lipinski definition) is 2. The molecule has 25 heavy (non-hydrogen) atoms. The minimum absolute atomic E-state index is 0.0392. The van der Waals surface area contributed by atoms with E-state index in [1.165, 1.54) is 11.1 Å². The van der Waals surface area contributed by atoms with E-state index in [9.17, 15) is 4.79 Å². The summed E-state index contributed by atoms with van der Waals surface area (Å²) in [7, 11) is 0. The highest BCUT2D eigenvalue weighted by atomic mass is 16.5. The van der Waals surface area contributed by atoms with Crippen molar-refractivity contribution in [1.82, 2.24) is 5.32 Å². The Morgan fingerprint density at radius 1 is 1.00 bits per heavy atom. The van der Waals surface area contributed by atoms with Crippen molar-refractivity contribution in [2.24, 2.45) is 0 Å². The van der Waals surface area contributed by atoms with Gasteiger partial charge in [0.25, 0.3) is 5.91 Å². The highest BCUT2D eigenvalue weighted by Crippen LogP contribution is 2.16. The first kappa shape index (κ1) is 19.0. The van der Waals surface area contributed by atoms with Crippen LogP contribution in [0, 0.1) is 0 Å². The van der Waals surface area contributed by atoms with E-state index < -0.39 is 6.10 Å². The number of carbonyl (C=O) groups excluding carboxylic acids is 1. The van der Waals surface area contributed by atoms with Crippen LogP contribution in [0.3, 0.4) is 0 Å². The van der Waals surface area contributed by atoms with Crippen LogP contribution in [0.1, 0.15) is 44.7 Å². The molecule has 0 bridgehead atoms. The van der Waals surface area contributed by atoms with Gasteiger partial charge in [-0.2, -0.15) is 0 Å². The zero-order chi connectivity index (χ0) is 18.1. The zero-order valence-electron chi connectivity index (χ0n) is 15.5. The third-order valence-electron chi connectivity index (χ3n) is 4.37. The van der Waals surface area contributed by atoms with Gasteiger partial charge in [0.15, 0.2) is 6.10 Å². The van der Waals surface area contributed by atoms with Crippen molar-refractivity contribution >= 4 is 5.91 Å². The van der Waals surface area contributed by atoms with E-state index in [-0.39, 0.29) is 11.9 Å². The molecule has 0 radical (unpaired) electrons. The Morgan fingerprint density at radius 2 is 1.68 bits per heavy atom. The molecule has 1 N–H and O–H groups in total. The van der Waals surface area contributed by atoms with E-state index >= 15 is 0 Å². The van der Waals surface area contributed by atoms with E-state index in [0.29, 0.717) is 6.42 Å². The summed E-state index contributed by atoms with van der Waals surface area (Å²) in [5.41, 5.74) is 2.56. The Labute approximate surface area is 151 Å². The average molecular weight is 339 g/mol. The fraction of sp³-hybridized carbons (Fsp3) is 0.409. The molecule has 0 aliphatic rings. The molecule has 0 spiro atoms. The molecular weight excluding hydrogens is 310 g/mol. The molecule has 0 aliphatic carbocycles. The summed E-state index contributed by atoms with van der Waals surface area (Å²) in [4.78, 5) is 12.5. The van der Waals surface area contributed by atoms with Crippen molar-refractivity contribution in [2.45, 2.75) is 58.6 Å². The zero-order valence-corrected chi connectivity index (χ0v) is 15.5. The lowest BCUT2D eigenvalue weighted by Gasteiger charge is -2.20. The highest BCUT2D eigenvalue weighted by Gasteiger charge is 2.20. The van der Waals surface area contributed by atoms with Crippen molar-refractivity contribution < 1.29 is 9.53 Å². The van der Waals surface area contributed by atoms with Gasteiger partial charge in [-0.05, 0) is 55.9 Å². The minimum Gasteiger partial charge on any atom is -0.481 e. The Morgan fingerprint density at radius 3 is 2.28 bits per heavy atom. The predicted octanol–water partition coefficient (Wildman–Crippen LogP) is 4.54. The minimum atomic E-state index is -0.452. The molecule has 134 valence electrons. The maximum absolute atomic E-state index is 12.5. The van der Waals surface area contributed by atoms with E-state index in [1.807, 2.05) is 56.3 Å². The molecule has 0 saturated heterocycles. The molecule has 0 saturated carbocycles. The predicted molar refractivity (Wildman–Crippen MR) is 103 cm³/mol. The van der Waals surface area contributed by atoms with Gasteiger partial charge in [-0.25, -0.2) is 0 Å². The van der Waals surface area contributed by atoms with E-state index in [0.717, 1.165) is 25.0 Å². The molecule has 2 atom stereocenters. The van der Waals surface area contributed by atoms with Gasteiger partial charge in [-0.1, -0.05) is 56.3 Å². The van der Waals surface area contributed by atoms with Gasteiger partial charge in [-0.3, -0.25) is 4.79 Å². The van der Waals surface area contributed by atoms with Crippen LogP contribution in [0.2, 0.25) is 0 Å². The van der Waals surface area contributed by atoms with Gasteiger partial charge in [0.1, 0.15) is 5.75 Å². The van der Waals surface area contributed by atoms with Gasteiger partial charge < -0.3 is 10.1 Å². The van der Waals surface area contributed by atoms with Gasteiger partial charge in [-0.15, -0.1) is 0 Å². The summed E-state index contributed by atoms with van der Waals surface area (Å²) in [6.45, 7) is 6.14. The maximum atomic E-state index is 12.5. The van der Waals surface area contributed by atoms with Gasteiger partial charge in [0.2, 0.25) is 0 Å². The first-order valence-corrected chi connectivity index (χ1v) is 9.22. The van der Waals surface area contributed by atoms with Crippen LogP contribution in [0.5, 0.6) is 5.75 Å². The molecule has 0 heterocycles. The second-order valence-corrected chi connectivity index (χ2v) is 6.45. The van der Waals surface area contributed by atoms with Crippen LogP contribution in [0.25, 0.3) is 0 Å². The van der Waals surface area contributed by atoms with E-state index in [4.69, 9.17) is 4.74 Å². The molecule has 0 unspecified atom stereocenters. The third kappa shape index (κ3) is 6.26. The Hall–Kier alpha value is -2.29. The SMILES string of the molecule is CCc1ccc(O[C@@H](CC)C(=O)N[C@@H](C)CCc2ccccc2)cc1. The number of amides is 1. The molecule has 3 nitrogen and oxygen atoms in total. The van der Waals surface area contributed by atoms with Crippen molar-refractivity contribution in [2.75, 3.05) is 0 Å². The second kappa shape index (κ2) is 9.87. The first-order chi connectivity index (χ1) is 12.1. The summed E-state index contributed by atoms with van der Waals surface area (Å²) in [5, 5.41) is 3.08. The summed E-state index contributed by atoms with van der Waals surface area (Å²) in [6, 6.07) is 18.4. The highest BCUT2D eigenvalue weighted by molar-refractivity contribution is 5.81. The lowest BCUT2D eigenvalue weighted by atomic mass is 10.1. The van der Waals surface area contributed by atoms with Gasteiger partial charge in [0.05, 0.1) is 0 Å². The molecular formula is C22H29NO2. The number of nitrogens with one attached hydrogen (secondary N) is 1. The van der Waals surface area contributed by atoms with Crippen molar-refractivity contribution in [1.29, 1.82) is 0 Å². The van der Waals surface area contributed by atoms with Crippen molar-refractivity contribution in [3.8, 4) is 5.75 Å². The quantitative estimate of drug-likeness (QED) is 0.728. The first-order valence-electron chi connectivity index (χ1n) is 9.22. The fourth-order valence-corrected chi connectivity index (χ4v) is 2.73. The summed E-state index contributed by atoms with van der Waals surface area (Å²) in [5.74, 6) is 0.707. The van der Waals surface area contributed by atoms with Crippen molar-refractivity contribution in [3.63, 3.8) is 0 Å². The number of benzene rings is 2. The van der Waals surface area contributed by atoms with Crippen LogP contribution < -0.4 is 10.1 Å². The maximum Gasteiger partial charge on any atom is 0.261 e. The van der Waals surface area contributed by atoms with Gasteiger partial charge in [0, 0.05) is 6.04 Å². The topological polar surface area (TPSA) is 38.3 Å². The largest absolute Gasteiger partial charge is 0.481 e. The molecule has 2 rings (SSSR count). The number of hydrogen-bond donors (Lipinski definition) is 1. The van der Waals surface area contributed by atoms with Crippen LogP contribution in [-0.4, -0.2) is 18.1 Å². The number of carbonyl (C=O) groups is 1. The smallest absolute Gasteiger partial charge is 0.261 e. The Kier molecular flexibility index (Phi) is 7.52. The van der Waals surface area contributed by atoms with Crippen LogP contribution in [0.4, 0.5) is 0 Å². The molecule has 2 aromatic carbocycles. The molecule has 1 amide bonds. The van der Waals surface area contributed by atoms with Gasteiger partial charge >= 0.3 is 0 Å². The molecule has 0 fully saturated rings. The summed E-state index contributed by atoms with van der Waals surface area (Å²) >= 11 is 0. The lowest BCUT2D eigenvalue weighted by Crippen LogP contribution is -2.42. The van der Waals surface area contributed by atoms with Crippen LogP contribution in [-0.2, 0) is 17.6 Å². The van der Waals surface area contributed by atoms with Crippen LogP contribution >= 0.6 is 0 Å². The normalized spacial score (nSPS) is 13.1. The number of rotatable bonds is 9. The molecule has 2 aromatic rings.